The minimum atomic E-state index is -0.806. The highest BCUT2D eigenvalue weighted by atomic mass is 16.5. The summed E-state index contributed by atoms with van der Waals surface area (Å²) in [5, 5.41) is 12.3. The predicted octanol–water partition coefficient (Wildman–Crippen LogP) is 3.05. The number of carbonyl (C=O) groups excluding carboxylic acids is 4. The number of anilines is 1. The largest absolute Gasteiger partial charge is 0.497 e. The zero-order valence-electron chi connectivity index (χ0n) is 25.3. The average molecular weight is 616 g/mol. The van der Waals surface area contributed by atoms with Crippen molar-refractivity contribution in [1.29, 1.82) is 0 Å². The maximum absolute atomic E-state index is 13.9. The van der Waals surface area contributed by atoms with Crippen molar-refractivity contribution in [1.82, 2.24) is 10.2 Å². The molecule has 2 heterocycles. The van der Waals surface area contributed by atoms with Crippen molar-refractivity contribution >= 4 is 29.4 Å². The number of aliphatic hydroxyl groups is 1. The Morgan fingerprint density at radius 2 is 1.73 bits per heavy atom. The van der Waals surface area contributed by atoms with E-state index in [-0.39, 0.29) is 56.9 Å². The highest BCUT2D eigenvalue weighted by Gasteiger charge is 2.53. The number of amides is 3. The third-order valence-electron chi connectivity index (χ3n) is 8.01. The molecular formula is C34H37N3O8. The Morgan fingerprint density at radius 1 is 1.00 bits per heavy atom. The van der Waals surface area contributed by atoms with Crippen molar-refractivity contribution in [2.24, 2.45) is 0 Å². The molecule has 3 aromatic rings. The molecule has 1 unspecified atom stereocenters. The molecule has 3 amide bonds. The summed E-state index contributed by atoms with van der Waals surface area (Å²) < 4.78 is 16.4. The second-order valence-electron chi connectivity index (χ2n) is 10.8. The molecular weight excluding hydrogens is 578 g/mol. The zero-order chi connectivity index (χ0) is 31.9. The fraction of sp³-hybridized carbons (Fsp3) is 0.353. The maximum atomic E-state index is 13.9. The molecule has 0 aromatic heterocycles. The molecule has 2 N–H and O–H groups in total. The lowest BCUT2D eigenvalue weighted by Gasteiger charge is -2.45. The second kappa shape index (κ2) is 14.3. The van der Waals surface area contributed by atoms with Crippen molar-refractivity contribution in [3.63, 3.8) is 0 Å². The van der Waals surface area contributed by atoms with E-state index in [0.717, 1.165) is 5.56 Å². The average Bonchev–Trinajstić information content (AvgIpc) is 3.37. The first-order valence-corrected chi connectivity index (χ1v) is 15.0. The van der Waals surface area contributed by atoms with E-state index in [0.29, 0.717) is 34.7 Å². The molecule has 0 saturated carbocycles. The lowest BCUT2D eigenvalue weighted by Crippen LogP contribution is -2.65. The summed E-state index contributed by atoms with van der Waals surface area (Å²) in [6.07, 6.45) is 0.258. The first-order chi connectivity index (χ1) is 21.8. The van der Waals surface area contributed by atoms with Crippen molar-refractivity contribution in [2.45, 2.75) is 44.3 Å². The maximum Gasteiger partial charge on any atom is 0.307 e. The first kappa shape index (κ1) is 31.5. The van der Waals surface area contributed by atoms with E-state index in [9.17, 15) is 24.3 Å². The fourth-order valence-electron chi connectivity index (χ4n) is 5.95. The van der Waals surface area contributed by atoms with Crippen LogP contribution in [0.4, 0.5) is 5.69 Å². The molecule has 45 heavy (non-hydrogen) atoms. The highest BCUT2D eigenvalue weighted by Crippen LogP contribution is 2.46. The Kier molecular flexibility index (Phi) is 9.99. The fourth-order valence-corrected chi connectivity index (χ4v) is 5.95. The van der Waals surface area contributed by atoms with E-state index in [1.54, 1.807) is 91.7 Å². The molecule has 1 saturated heterocycles. The summed E-state index contributed by atoms with van der Waals surface area (Å²) in [5.74, 6) is -0.409. The number of fused-ring (bicyclic) bond motifs is 3. The van der Waals surface area contributed by atoms with Gasteiger partial charge in [-0.15, -0.1) is 0 Å². The number of methoxy groups -OCH3 is 1. The van der Waals surface area contributed by atoms with Crippen LogP contribution >= 0.6 is 0 Å². The van der Waals surface area contributed by atoms with Gasteiger partial charge in [-0.1, -0.05) is 30.3 Å². The van der Waals surface area contributed by atoms with Gasteiger partial charge in [0.05, 0.1) is 51.3 Å². The van der Waals surface area contributed by atoms with Crippen LogP contribution in [0, 0.1) is 0 Å². The third kappa shape index (κ3) is 6.93. The normalized spacial score (nSPS) is 18.6. The van der Waals surface area contributed by atoms with Crippen LogP contribution in [0.25, 0.3) is 0 Å². The number of ether oxygens (including phenoxy) is 3. The van der Waals surface area contributed by atoms with Gasteiger partial charge in [0.25, 0.3) is 5.91 Å². The monoisotopic (exact) mass is 615 g/mol. The summed E-state index contributed by atoms with van der Waals surface area (Å²) >= 11 is 0. The van der Waals surface area contributed by atoms with Gasteiger partial charge >= 0.3 is 5.97 Å². The number of aliphatic hydroxyl groups excluding tert-OH is 1. The number of piperazine rings is 1. The quantitative estimate of drug-likeness (QED) is 0.235. The van der Waals surface area contributed by atoms with Crippen LogP contribution in [0.3, 0.4) is 0 Å². The standard InChI is InChI=1S/C34H37N3O8/c1-3-44-31(41)20-28-33-32(35-34(42)23-8-5-4-6-9-23)26-19-25(45-17-7-16-38)14-15-27(26)37(33)30(40)21-36(28)29(39)18-22-10-12-24(43-2)13-11-22/h4-6,8-15,19,28,32-33,38H,3,7,16-18,20-21H2,1-2H3,(H,35,42)/t28?,32-,33+/m0/s1. The number of nitrogens with one attached hydrogen (secondary N) is 1. The number of carbonyl (C=O) groups is 4. The minimum absolute atomic E-state index is 0.000153. The summed E-state index contributed by atoms with van der Waals surface area (Å²) in [6.45, 7) is 1.86. The number of rotatable bonds is 12. The molecule has 5 rings (SSSR count). The molecule has 236 valence electrons. The molecule has 11 nitrogen and oxygen atoms in total. The Bertz CT molecular complexity index is 1530. The van der Waals surface area contributed by atoms with Crippen molar-refractivity contribution in [2.75, 3.05) is 38.4 Å². The summed E-state index contributed by atoms with van der Waals surface area (Å²) in [4.78, 5) is 57.3. The van der Waals surface area contributed by atoms with Crippen LogP contribution in [0.1, 0.15) is 47.3 Å². The number of nitrogens with zero attached hydrogens (tertiary/aromatic N) is 2. The lowest BCUT2D eigenvalue weighted by atomic mass is 9.91. The van der Waals surface area contributed by atoms with Crippen LogP contribution in [-0.4, -0.2) is 79.3 Å². The summed E-state index contributed by atoms with van der Waals surface area (Å²) in [7, 11) is 1.56. The minimum Gasteiger partial charge on any atom is -0.497 e. The van der Waals surface area contributed by atoms with Gasteiger partial charge in [0.1, 0.15) is 18.0 Å². The molecule has 3 atom stereocenters. The second-order valence-corrected chi connectivity index (χ2v) is 10.8. The molecule has 0 aliphatic carbocycles. The van der Waals surface area contributed by atoms with Gasteiger partial charge in [-0.25, -0.2) is 0 Å². The van der Waals surface area contributed by atoms with Crippen LogP contribution < -0.4 is 19.7 Å². The van der Waals surface area contributed by atoms with E-state index >= 15 is 0 Å². The summed E-state index contributed by atoms with van der Waals surface area (Å²) in [6, 6.07) is 18.6. The lowest BCUT2D eigenvalue weighted by molar-refractivity contribution is -0.149. The SMILES string of the molecule is CCOC(=O)CC1[C@@H]2[C@@H](NC(=O)c3ccccc3)c3cc(OCCCO)ccc3N2C(=O)CN1C(=O)Cc1ccc(OC)cc1. The Labute approximate surface area is 261 Å². The van der Waals surface area contributed by atoms with Crippen molar-refractivity contribution < 1.29 is 38.5 Å². The topological polar surface area (TPSA) is 135 Å². The number of esters is 1. The molecule has 0 bridgehead atoms. The summed E-state index contributed by atoms with van der Waals surface area (Å²) in [5.41, 5.74) is 2.33. The zero-order valence-corrected chi connectivity index (χ0v) is 25.3. The van der Waals surface area contributed by atoms with Gasteiger partial charge in [0.15, 0.2) is 0 Å². The van der Waals surface area contributed by atoms with E-state index in [1.807, 2.05) is 0 Å². The Morgan fingerprint density at radius 3 is 2.42 bits per heavy atom. The van der Waals surface area contributed by atoms with Gasteiger partial charge in [0, 0.05) is 29.8 Å². The molecule has 11 heteroatoms. The van der Waals surface area contributed by atoms with Gasteiger partial charge in [0.2, 0.25) is 11.8 Å². The van der Waals surface area contributed by atoms with Crippen LogP contribution in [0.5, 0.6) is 11.5 Å². The van der Waals surface area contributed by atoms with Gasteiger partial charge in [-0.05, 0) is 55.0 Å². The third-order valence-corrected chi connectivity index (χ3v) is 8.01. The molecule has 3 aromatic carbocycles. The first-order valence-electron chi connectivity index (χ1n) is 15.0. The van der Waals surface area contributed by atoms with Crippen LogP contribution in [-0.2, 0) is 25.5 Å². The van der Waals surface area contributed by atoms with E-state index in [1.165, 1.54) is 4.90 Å². The Balaban J connectivity index is 1.54. The molecule has 1 fully saturated rings. The smallest absolute Gasteiger partial charge is 0.307 e. The van der Waals surface area contributed by atoms with E-state index < -0.39 is 24.1 Å². The molecule has 2 aliphatic rings. The van der Waals surface area contributed by atoms with Crippen LogP contribution in [0.15, 0.2) is 72.8 Å². The van der Waals surface area contributed by atoms with Gasteiger partial charge < -0.3 is 34.4 Å². The van der Waals surface area contributed by atoms with Gasteiger partial charge in [-0.2, -0.15) is 0 Å². The highest BCUT2D eigenvalue weighted by molar-refractivity contribution is 6.03. The van der Waals surface area contributed by atoms with E-state index in [4.69, 9.17) is 14.2 Å². The number of hydrogen-bond donors (Lipinski definition) is 2. The molecule has 2 aliphatic heterocycles. The van der Waals surface area contributed by atoms with Crippen molar-refractivity contribution in [3.8, 4) is 11.5 Å². The van der Waals surface area contributed by atoms with Crippen LogP contribution in [0.2, 0.25) is 0 Å². The van der Waals surface area contributed by atoms with Gasteiger partial charge in [-0.3, -0.25) is 19.2 Å². The van der Waals surface area contributed by atoms with Crippen molar-refractivity contribution in [3.05, 3.63) is 89.5 Å². The van der Waals surface area contributed by atoms with E-state index in [2.05, 4.69) is 5.32 Å². The number of hydrogen-bond acceptors (Lipinski definition) is 8. The Hall–Kier alpha value is -4.90. The predicted molar refractivity (Wildman–Crippen MR) is 165 cm³/mol. The number of benzene rings is 3. The molecule has 0 radical (unpaired) electrons. The molecule has 0 spiro atoms.